The Morgan fingerprint density at radius 2 is 2.00 bits per heavy atom. The molecule has 2 N–H and O–H groups in total. The fourth-order valence-electron chi connectivity index (χ4n) is 1.94. The summed E-state index contributed by atoms with van der Waals surface area (Å²) in [6.07, 6.45) is 0. The maximum absolute atomic E-state index is 13.1. The molecule has 3 nitrogen and oxygen atoms in total. The molecule has 104 valence electrons. The monoisotopic (exact) mass is 273 g/mol. The first-order valence-electron chi connectivity index (χ1n) is 6.33. The summed E-state index contributed by atoms with van der Waals surface area (Å²) < 4.78 is 13.1. The van der Waals surface area contributed by atoms with E-state index < -0.39 is 0 Å². The summed E-state index contributed by atoms with van der Waals surface area (Å²) in [4.78, 5) is 12.1. The number of nitrogens with one attached hydrogen (secondary N) is 1. The van der Waals surface area contributed by atoms with E-state index in [0.717, 1.165) is 0 Å². The molecule has 0 aliphatic heterocycles. The SMILES string of the molecule is Cc1cc(C(=O)NC(C)c2cccc(F)c2)ccc1O. The fourth-order valence-corrected chi connectivity index (χ4v) is 1.94. The van der Waals surface area contributed by atoms with E-state index in [4.69, 9.17) is 0 Å². The molecule has 0 fully saturated rings. The molecular formula is C16H16FNO2. The number of hydrogen-bond donors (Lipinski definition) is 2. The van der Waals surface area contributed by atoms with E-state index in [1.54, 1.807) is 38.1 Å². The van der Waals surface area contributed by atoms with E-state index in [2.05, 4.69) is 5.32 Å². The van der Waals surface area contributed by atoms with Crippen LogP contribution >= 0.6 is 0 Å². The van der Waals surface area contributed by atoms with Gasteiger partial charge in [0.2, 0.25) is 0 Å². The molecule has 0 aliphatic carbocycles. The van der Waals surface area contributed by atoms with E-state index in [1.807, 2.05) is 0 Å². The summed E-state index contributed by atoms with van der Waals surface area (Å²) in [7, 11) is 0. The van der Waals surface area contributed by atoms with Crippen molar-refractivity contribution >= 4 is 5.91 Å². The van der Waals surface area contributed by atoms with E-state index in [1.165, 1.54) is 18.2 Å². The van der Waals surface area contributed by atoms with Gasteiger partial charge in [-0.3, -0.25) is 4.79 Å². The highest BCUT2D eigenvalue weighted by Gasteiger charge is 2.12. The zero-order valence-corrected chi connectivity index (χ0v) is 11.4. The Kier molecular flexibility index (Phi) is 4.03. The van der Waals surface area contributed by atoms with E-state index >= 15 is 0 Å². The zero-order valence-electron chi connectivity index (χ0n) is 11.4. The van der Waals surface area contributed by atoms with Crippen LogP contribution in [0.4, 0.5) is 4.39 Å². The first-order chi connectivity index (χ1) is 9.47. The van der Waals surface area contributed by atoms with Gasteiger partial charge in [0.05, 0.1) is 6.04 Å². The maximum Gasteiger partial charge on any atom is 0.251 e. The zero-order chi connectivity index (χ0) is 14.7. The van der Waals surface area contributed by atoms with Gasteiger partial charge < -0.3 is 10.4 Å². The number of halogens is 1. The van der Waals surface area contributed by atoms with Crippen LogP contribution in [0, 0.1) is 12.7 Å². The van der Waals surface area contributed by atoms with Crippen LogP contribution in [0.5, 0.6) is 5.75 Å². The Hall–Kier alpha value is -2.36. The molecule has 1 unspecified atom stereocenters. The summed E-state index contributed by atoms with van der Waals surface area (Å²) in [5.41, 5.74) is 1.80. The maximum atomic E-state index is 13.1. The third kappa shape index (κ3) is 3.15. The molecule has 1 amide bonds. The molecule has 20 heavy (non-hydrogen) atoms. The number of hydrogen-bond acceptors (Lipinski definition) is 2. The number of amides is 1. The van der Waals surface area contributed by atoms with Gasteiger partial charge in [0.25, 0.3) is 5.91 Å². The van der Waals surface area contributed by atoms with Crippen LogP contribution < -0.4 is 5.32 Å². The standard InChI is InChI=1S/C16H16FNO2/c1-10-8-13(6-7-15(10)19)16(20)18-11(2)12-4-3-5-14(17)9-12/h3-9,11,19H,1-2H3,(H,18,20). The summed E-state index contributed by atoms with van der Waals surface area (Å²) in [5, 5.41) is 12.2. The van der Waals surface area contributed by atoms with Crippen LogP contribution in [0.3, 0.4) is 0 Å². The Morgan fingerprint density at radius 3 is 2.65 bits per heavy atom. The van der Waals surface area contributed by atoms with Crippen LogP contribution in [-0.4, -0.2) is 11.0 Å². The average Bonchev–Trinajstić information content (AvgIpc) is 2.41. The smallest absolute Gasteiger partial charge is 0.251 e. The molecule has 1 atom stereocenters. The fraction of sp³-hybridized carbons (Fsp3) is 0.188. The molecule has 0 aliphatic rings. The first kappa shape index (κ1) is 14.1. The topological polar surface area (TPSA) is 49.3 Å². The highest BCUT2D eigenvalue weighted by molar-refractivity contribution is 5.94. The van der Waals surface area contributed by atoms with Crippen molar-refractivity contribution in [3.05, 3.63) is 65.0 Å². The second kappa shape index (κ2) is 5.74. The quantitative estimate of drug-likeness (QED) is 0.901. The predicted octanol–water partition coefficient (Wildman–Crippen LogP) is 3.33. The number of benzene rings is 2. The Balaban J connectivity index is 2.13. The van der Waals surface area contributed by atoms with Gasteiger partial charge in [0, 0.05) is 5.56 Å². The van der Waals surface area contributed by atoms with Gasteiger partial charge in [-0.25, -0.2) is 4.39 Å². The number of aromatic hydroxyl groups is 1. The Bertz CT molecular complexity index is 640. The number of phenols is 1. The van der Waals surface area contributed by atoms with Gasteiger partial charge in [-0.1, -0.05) is 12.1 Å². The number of rotatable bonds is 3. The van der Waals surface area contributed by atoms with Crippen molar-refractivity contribution in [3.8, 4) is 5.75 Å². The summed E-state index contributed by atoms with van der Waals surface area (Å²) in [5.74, 6) is -0.436. The molecule has 2 rings (SSSR count). The van der Waals surface area contributed by atoms with Gasteiger partial charge in [0.15, 0.2) is 0 Å². The predicted molar refractivity (Wildman–Crippen MR) is 75.1 cm³/mol. The summed E-state index contributed by atoms with van der Waals surface area (Å²) >= 11 is 0. The Labute approximate surface area is 117 Å². The molecule has 0 saturated carbocycles. The second-order valence-electron chi connectivity index (χ2n) is 4.75. The van der Waals surface area contributed by atoms with Crippen molar-refractivity contribution in [1.29, 1.82) is 0 Å². The van der Waals surface area contributed by atoms with Crippen molar-refractivity contribution in [2.24, 2.45) is 0 Å². The highest BCUT2D eigenvalue weighted by Crippen LogP contribution is 2.18. The van der Waals surface area contributed by atoms with E-state index in [9.17, 15) is 14.3 Å². The minimum atomic E-state index is -0.330. The van der Waals surface area contributed by atoms with Gasteiger partial charge >= 0.3 is 0 Å². The molecule has 0 spiro atoms. The first-order valence-corrected chi connectivity index (χ1v) is 6.33. The third-order valence-corrected chi connectivity index (χ3v) is 3.16. The number of phenolic OH excluding ortho intramolecular Hbond substituents is 1. The lowest BCUT2D eigenvalue weighted by molar-refractivity contribution is 0.0939. The lowest BCUT2D eigenvalue weighted by Crippen LogP contribution is -2.26. The molecule has 0 radical (unpaired) electrons. The van der Waals surface area contributed by atoms with Crippen molar-refractivity contribution < 1.29 is 14.3 Å². The van der Waals surface area contributed by atoms with E-state index in [-0.39, 0.29) is 23.5 Å². The molecule has 2 aromatic rings. The second-order valence-corrected chi connectivity index (χ2v) is 4.75. The minimum Gasteiger partial charge on any atom is -0.508 e. The molecule has 2 aromatic carbocycles. The summed E-state index contributed by atoms with van der Waals surface area (Å²) in [6.45, 7) is 3.52. The van der Waals surface area contributed by atoms with Gasteiger partial charge in [-0.15, -0.1) is 0 Å². The number of aryl methyl sites for hydroxylation is 1. The number of carbonyl (C=O) groups is 1. The van der Waals surface area contributed by atoms with E-state index in [0.29, 0.717) is 16.7 Å². The van der Waals surface area contributed by atoms with Gasteiger partial charge in [-0.05, 0) is 55.3 Å². The minimum absolute atomic E-state index is 0.153. The van der Waals surface area contributed by atoms with Crippen LogP contribution in [0.15, 0.2) is 42.5 Å². The molecular weight excluding hydrogens is 257 g/mol. The van der Waals surface area contributed by atoms with Crippen LogP contribution in [0.2, 0.25) is 0 Å². The molecule has 0 heterocycles. The van der Waals surface area contributed by atoms with Crippen LogP contribution in [0.1, 0.15) is 34.5 Å². The molecule has 0 aromatic heterocycles. The highest BCUT2D eigenvalue weighted by atomic mass is 19.1. The third-order valence-electron chi connectivity index (χ3n) is 3.16. The van der Waals surface area contributed by atoms with Crippen LogP contribution in [-0.2, 0) is 0 Å². The Morgan fingerprint density at radius 1 is 1.25 bits per heavy atom. The van der Waals surface area contributed by atoms with Crippen molar-refractivity contribution in [3.63, 3.8) is 0 Å². The lowest BCUT2D eigenvalue weighted by atomic mass is 10.1. The average molecular weight is 273 g/mol. The van der Waals surface area contributed by atoms with Gasteiger partial charge in [0.1, 0.15) is 11.6 Å². The molecule has 4 heteroatoms. The summed E-state index contributed by atoms with van der Waals surface area (Å²) in [6, 6.07) is 10.5. The normalized spacial score (nSPS) is 11.9. The number of carbonyl (C=O) groups excluding carboxylic acids is 1. The van der Waals surface area contributed by atoms with Crippen molar-refractivity contribution in [2.75, 3.05) is 0 Å². The molecule has 0 saturated heterocycles. The lowest BCUT2D eigenvalue weighted by Gasteiger charge is -2.15. The largest absolute Gasteiger partial charge is 0.508 e. The van der Waals surface area contributed by atoms with Gasteiger partial charge in [-0.2, -0.15) is 0 Å². The van der Waals surface area contributed by atoms with Crippen molar-refractivity contribution in [2.45, 2.75) is 19.9 Å². The molecule has 0 bridgehead atoms. The van der Waals surface area contributed by atoms with Crippen molar-refractivity contribution in [1.82, 2.24) is 5.32 Å². The van der Waals surface area contributed by atoms with Crippen LogP contribution in [0.25, 0.3) is 0 Å².